The first-order valence-electron chi connectivity index (χ1n) is 6.81. The first-order valence-corrected chi connectivity index (χ1v) is 6.81. The van der Waals surface area contributed by atoms with E-state index in [2.05, 4.69) is 20.4 Å². The van der Waals surface area contributed by atoms with Gasteiger partial charge in [0.05, 0.1) is 0 Å². The van der Waals surface area contributed by atoms with Gasteiger partial charge >= 0.3 is 0 Å². The summed E-state index contributed by atoms with van der Waals surface area (Å²) < 4.78 is 10.4. The van der Waals surface area contributed by atoms with E-state index in [9.17, 15) is 4.79 Å². The van der Waals surface area contributed by atoms with Crippen molar-refractivity contribution in [2.24, 2.45) is 0 Å². The Kier molecular flexibility index (Phi) is 3.95. The van der Waals surface area contributed by atoms with Crippen LogP contribution in [-0.2, 0) is 11.2 Å². The number of oxazole rings is 1. The second kappa shape index (κ2) is 6.21. The van der Waals surface area contributed by atoms with Crippen molar-refractivity contribution in [2.75, 3.05) is 6.54 Å². The monoisotopic (exact) mass is 298 g/mol. The summed E-state index contributed by atoms with van der Waals surface area (Å²) in [6, 6.07) is 7.42. The SMILES string of the molecule is Cc1noc(CCNC(=O)/C=C\c2nc3ccccc3o2)n1. The van der Waals surface area contributed by atoms with E-state index in [1.165, 1.54) is 12.2 Å². The second-order valence-corrected chi connectivity index (χ2v) is 4.63. The zero-order chi connectivity index (χ0) is 15.4. The van der Waals surface area contributed by atoms with Gasteiger partial charge in [0.15, 0.2) is 11.4 Å². The molecule has 0 saturated carbocycles. The zero-order valence-corrected chi connectivity index (χ0v) is 11.9. The summed E-state index contributed by atoms with van der Waals surface area (Å²) in [5.41, 5.74) is 1.45. The Morgan fingerprint density at radius 3 is 2.95 bits per heavy atom. The number of carbonyl (C=O) groups excluding carboxylic acids is 1. The van der Waals surface area contributed by atoms with E-state index in [0.29, 0.717) is 36.2 Å². The van der Waals surface area contributed by atoms with Crippen LogP contribution >= 0.6 is 0 Å². The highest BCUT2D eigenvalue weighted by atomic mass is 16.5. The van der Waals surface area contributed by atoms with Crippen molar-refractivity contribution in [1.29, 1.82) is 0 Å². The number of aryl methyl sites for hydroxylation is 1. The number of rotatable bonds is 5. The topological polar surface area (TPSA) is 94.1 Å². The van der Waals surface area contributed by atoms with E-state index >= 15 is 0 Å². The molecule has 22 heavy (non-hydrogen) atoms. The highest BCUT2D eigenvalue weighted by Crippen LogP contribution is 2.15. The molecule has 1 aromatic carbocycles. The third-order valence-electron chi connectivity index (χ3n) is 2.90. The molecule has 0 radical (unpaired) electrons. The summed E-state index contributed by atoms with van der Waals surface area (Å²) in [7, 11) is 0. The summed E-state index contributed by atoms with van der Waals surface area (Å²) in [6.07, 6.45) is 3.40. The van der Waals surface area contributed by atoms with Crippen LogP contribution in [0.25, 0.3) is 17.2 Å². The van der Waals surface area contributed by atoms with E-state index in [1.54, 1.807) is 6.92 Å². The number of fused-ring (bicyclic) bond motifs is 1. The van der Waals surface area contributed by atoms with Crippen molar-refractivity contribution in [3.05, 3.63) is 47.9 Å². The highest BCUT2D eigenvalue weighted by molar-refractivity contribution is 5.91. The fraction of sp³-hybridized carbons (Fsp3) is 0.200. The summed E-state index contributed by atoms with van der Waals surface area (Å²) in [4.78, 5) is 20.0. The molecule has 1 amide bonds. The molecule has 0 bridgehead atoms. The molecule has 2 aromatic heterocycles. The molecule has 2 heterocycles. The average Bonchev–Trinajstić information content (AvgIpc) is 3.11. The van der Waals surface area contributed by atoms with Crippen molar-refractivity contribution in [1.82, 2.24) is 20.4 Å². The predicted molar refractivity (Wildman–Crippen MR) is 78.8 cm³/mol. The smallest absolute Gasteiger partial charge is 0.244 e. The number of hydrogen-bond acceptors (Lipinski definition) is 6. The summed E-state index contributed by atoms with van der Waals surface area (Å²) in [5, 5.41) is 6.40. The molecular weight excluding hydrogens is 284 g/mol. The van der Waals surface area contributed by atoms with Crippen molar-refractivity contribution >= 4 is 23.1 Å². The Morgan fingerprint density at radius 2 is 2.18 bits per heavy atom. The van der Waals surface area contributed by atoms with E-state index in [-0.39, 0.29) is 5.91 Å². The van der Waals surface area contributed by atoms with Gasteiger partial charge in [-0.15, -0.1) is 0 Å². The minimum atomic E-state index is -0.238. The number of carbonyl (C=O) groups is 1. The van der Waals surface area contributed by atoms with Crippen molar-refractivity contribution in [3.63, 3.8) is 0 Å². The molecule has 0 aliphatic heterocycles. The van der Waals surface area contributed by atoms with Gasteiger partial charge in [0, 0.05) is 25.1 Å². The second-order valence-electron chi connectivity index (χ2n) is 4.63. The third kappa shape index (κ3) is 3.38. The van der Waals surface area contributed by atoms with Gasteiger partial charge in [-0.3, -0.25) is 4.79 Å². The van der Waals surface area contributed by atoms with Gasteiger partial charge in [-0.1, -0.05) is 17.3 Å². The quantitative estimate of drug-likeness (QED) is 0.723. The Balaban J connectivity index is 1.52. The van der Waals surface area contributed by atoms with E-state index in [1.807, 2.05) is 24.3 Å². The lowest BCUT2D eigenvalue weighted by Gasteiger charge is -1.97. The van der Waals surface area contributed by atoms with E-state index < -0.39 is 0 Å². The maximum absolute atomic E-state index is 11.7. The number of nitrogens with one attached hydrogen (secondary N) is 1. The standard InChI is InChI=1S/C15H14N4O3/c1-10-17-15(22-19-10)8-9-16-13(20)6-7-14-18-11-4-2-3-5-12(11)21-14/h2-7H,8-9H2,1H3,(H,16,20)/b7-6-. The third-order valence-corrected chi connectivity index (χ3v) is 2.90. The normalized spacial score (nSPS) is 11.3. The van der Waals surface area contributed by atoms with Crippen LogP contribution in [0.1, 0.15) is 17.6 Å². The number of amides is 1. The van der Waals surface area contributed by atoms with Gasteiger partial charge in [0.25, 0.3) is 0 Å². The van der Waals surface area contributed by atoms with Crippen LogP contribution in [-0.4, -0.2) is 27.6 Å². The Hall–Kier alpha value is -2.96. The number of para-hydroxylation sites is 2. The van der Waals surface area contributed by atoms with Gasteiger partial charge in [-0.2, -0.15) is 4.98 Å². The molecule has 0 saturated heterocycles. The van der Waals surface area contributed by atoms with Crippen LogP contribution in [0.5, 0.6) is 0 Å². The first kappa shape index (κ1) is 14.0. The molecule has 0 spiro atoms. The lowest BCUT2D eigenvalue weighted by molar-refractivity contribution is -0.116. The van der Waals surface area contributed by atoms with Crippen LogP contribution < -0.4 is 5.32 Å². The summed E-state index contributed by atoms with van der Waals surface area (Å²) >= 11 is 0. The molecule has 0 aliphatic rings. The van der Waals surface area contributed by atoms with Crippen molar-refractivity contribution in [3.8, 4) is 0 Å². The molecule has 7 nitrogen and oxygen atoms in total. The van der Waals surface area contributed by atoms with Crippen molar-refractivity contribution < 1.29 is 13.7 Å². The lowest BCUT2D eigenvalue weighted by Crippen LogP contribution is -2.23. The Morgan fingerprint density at radius 1 is 1.32 bits per heavy atom. The number of hydrogen-bond donors (Lipinski definition) is 1. The average molecular weight is 298 g/mol. The maximum Gasteiger partial charge on any atom is 0.244 e. The molecule has 0 atom stereocenters. The number of nitrogens with zero attached hydrogens (tertiary/aromatic N) is 3. The van der Waals surface area contributed by atoms with Gasteiger partial charge < -0.3 is 14.3 Å². The van der Waals surface area contributed by atoms with E-state index in [4.69, 9.17) is 8.94 Å². The van der Waals surface area contributed by atoms with Gasteiger partial charge in [0.1, 0.15) is 5.52 Å². The highest BCUT2D eigenvalue weighted by Gasteiger charge is 2.04. The Bertz CT molecular complexity index is 786. The first-order chi connectivity index (χ1) is 10.7. The minimum Gasteiger partial charge on any atom is -0.437 e. The zero-order valence-electron chi connectivity index (χ0n) is 11.9. The van der Waals surface area contributed by atoms with Gasteiger partial charge in [0.2, 0.25) is 17.7 Å². The number of aromatic nitrogens is 3. The van der Waals surface area contributed by atoms with Gasteiger partial charge in [-0.25, -0.2) is 4.98 Å². The summed E-state index contributed by atoms with van der Waals surface area (Å²) in [5.74, 6) is 1.24. The van der Waals surface area contributed by atoms with E-state index in [0.717, 1.165) is 5.52 Å². The van der Waals surface area contributed by atoms with Crippen LogP contribution in [0.4, 0.5) is 0 Å². The van der Waals surface area contributed by atoms with Crippen LogP contribution in [0.3, 0.4) is 0 Å². The number of benzene rings is 1. The Labute approximate surface area is 126 Å². The molecule has 112 valence electrons. The lowest BCUT2D eigenvalue weighted by atomic mass is 10.3. The molecule has 0 aliphatic carbocycles. The van der Waals surface area contributed by atoms with Crippen molar-refractivity contribution in [2.45, 2.75) is 13.3 Å². The fourth-order valence-electron chi connectivity index (χ4n) is 1.90. The van der Waals surface area contributed by atoms with Crippen LogP contribution in [0, 0.1) is 6.92 Å². The molecule has 1 N–H and O–H groups in total. The molecule has 0 fully saturated rings. The van der Waals surface area contributed by atoms with Crippen LogP contribution in [0.2, 0.25) is 0 Å². The summed E-state index contributed by atoms with van der Waals surface area (Å²) in [6.45, 7) is 2.16. The molecule has 0 unspecified atom stereocenters. The fourth-order valence-corrected chi connectivity index (χ4v) is 1.90. The van der Waals surface area contributed by atoms with Gasteiger partial charge in [-0.05, 0) is 19.1 Å². The maximum atomic E-state index is 11.7. The molecule has 3 rings (SSSR count). The van der Waals surface area contributed by atoms with Crippen LogP contribution in [0.15, 0.2) is 39.3 Å². The minimum absolute atomic E-state index is 0.238. The molecule has 7 heteroatoms. The largest absolute Gasteiger partial charge is 0.437 e. The molecular formula is C15H14N4O3. The predicted octanol–water partition coefficient (Wildman–Crippen LogP) is 1.89. The molecule has 3 aromatic rings.